The van der Waals surface area contributed by atoms with Crippen LogP contribution < -0.4 is 10.5 Å². The molecule has 0 saturated heterocycles. The van der Waals surface area contributed by atoms with Crippen LogP contribution in [0.5, 0.6) is 5.75 Å². The summed E-state index contributed by atoms with van der Waals surface area (Å²) in [6.45, 7) is 3.73. The number of aromatic amines is 1. The average molecular weight is 323 g/mol. The molecule has 0 fully saturated rings. The molecule has 2 aromatic carbocycles. The van der Waals surface area contributed by atoms with Gasteiger partial charge in [-0.15, -0.1) is 0 Å². The van der Waals surface area contributed by atoms with Gasteiger partial charge in [-0.05, 0) is 31.2 Å². The van der Waals surface area contributed by atoms with Gasteiger partial charge in [0, 0.05) is 23.4 Å². The van der Waals surface area contributed by atoms with Crippen molar-refractivity contribution in [2.45, 2.75) is 6.92 Å². The zero-order valence-corrected chi connectivity index (χ0v) is 13.7. The molecule has 0 saturated carbocycles. The molecule has 1 aromatic heterocycles. The molecule has 0 spiro atoms. The number of benzene rings is 2. The van der Waals surface area contributed by atoms with Gasteiger partial charge in [-0.25, -0.2) is 0 Å². The van der Waals surface area contributed by atoms with Gasteiger partial charge in [0.2, 0.25) is 0 Å². The van der Waals surface area contributed by atoms with E-state index in [1.54, 1.807) is 0 Å². The average Bonchev–Trinajstić information content (AvgIpc) is 3.09. The summed E-state index contributed by atoms with van der Waals surface area (Å²) in [5, 5.41) is 7.47. The molecule has 3 aromatic rings. The van der Waals surface area contributed by atoms with E-state index in [4.69, 9.17) is 15.2 Å². The fourth-order valence-corrected chi connectivity index (χ4v) is 2.50. The Morgan fingerprint density at radius 2 is 1.75 bits per heavy atom. The smallest absolute Gasteiger partial charge is 0.128 e. The number of hydrogen-bond donors (Lipinski definition) is 2. The predicted molar refractivity (Wildman–Crippen MR) is 95.9 cm³/mol. The van der Waals surface area contributed by atoms with E-state index in [-0.39, 0.29) is 0 Å². The molecular formula is C19H21N3O2. The maximum absolute atomic E-state index is 6.04. The Kier molecular flexibility index (Phi) is 5.13. The van der Waals surface area contributed by atoms with Crippen molar-refractivity contribution in [3.05, 3.63) is 54.6 Å². The molecule has 0 radical (unpaired) electrons. The van der Waals surface area contributed by atoms with Crippen molar-refractivity contribution in [2.75, 3.05) is 25.6 Å². The highest BCUT2D eigenvalue weighted by Crippen LogP contribution is 2.32. The van der Waals surface area contributed by atoms with E-state index in [1.165, 1.54) is 0 Å². The number of aromatic nitrogens is 2. The van der Waals surface area contributed by atoms with Gasteiger partial charge < -0.3 is 15.2 Å². The molecule has 5 heteroatoms. The molecule has 0 aliphatic rings. The van der Waals surface area contributed by atoms with Crippen molar-refractivity contribution in [3.8, 4) is 28.3 Å². The van der Waals surface area contributed by atoms with Crippen LogP contribution in [0.4, 0.5) is 5.69 Å². The third kappa shape index (κ3) is 3.58. The van der Waals surface area contributed by atoms with Crippen molar-refractivity contribution in [1.82, 2.24) is 10.2 Å². The highest BCUT2D eigenvalue weighted by Gasteiger charge is 2.11. The van der Waals surface area contributed by atoms with Gasteiger partial charge in [-0.2, -0.15) is 5.10 Å². The van der Waals surface area contributed by atoms with Crippen molar-refractivity contribution in [2.24, 2.45) is 0 Å². The molecule has 1 heterocycles. The van der Waals surface area contributed by atoms with Gasteiger partial charge in [0.25, 0.3) is 0 Å². The summed E-state index contributed by atoms with van der Waals surface area (Å²) in [6.07, 6.45) is 0. The van der Waals surface area contributed by atoms with Gasteiger partial charge >= 0.3 is 0 Å². The lowest BCUT2D eigenvalue weighted by molar-refractivity contribution is 0.110. The summed E-state index contributed by atoms with van der Waals surface area (Å²) < 4.78 is 11.1. The van der Waals surface area contributed by atoms with Crippen LogP contribution >= 0.6 is 0 Å². The zero-order chi connectivity index (χ0) is 16.8. The molecule has 0 unspecified atom stereocenters. The van der Waals surface area contributed by atoms with Crippen LogP contribution in [0.1, 0.15) is 6.92 Å². The van der Waals surface area contributed by atoms with E-state index >= 15 is 0 Å². The van der Waals surface area contributed by atoms with Crippen molar-refractivity contribution >= 4 is 5.69 Å². The largest absolute Gasteiger partial charge is 0.490 e. The second-order valence-corrected chi connectivity index (χ2v) is 5.30. The lowest BCUT2D eigenvalue weighted by atomic mass is 10.1. The highest BCUT2D eigenvalue weighted by atomic mass is 16.5. The van der Waals surface area contributed by atoms with Crippen molar-refractivity contribution in [3.63, 3.8) is 0 Å². The fourth-order valence-electron chi connectivity index (χ4n) is 2.50. The van der Waals surface area contributed by atoms with E-state index in [1.807, 2.05) is 61.5 Å². The topological polar surface area (TPSA) is 73.2 Å². The SMILES string of the molecule is CCOCCOc1ccccc1-c1cc(-c2ccccc2N)[nH]n1. The van der Waals surface area contributed by atoms with Crippen LogP contribution in [0.3, 0.4) is 0 Å². The molecule has 24 heavy (non-hydrogen) atoms. The first-order valence-corrected chi connectivity index (χ1v) is 8.00. The number of rotatable bonds is 7. The van der Waals surface area contributed by atoms with Crippen molar-refractivity contribution in [1.29, 1.82) is 0 Å². The Bertz CT molecular complexity index is 799. The molecule has 3 rings (SSSR count). The fraction of sp³-hybridized carbons (Fsp3) is 0.211. The maximum atomic E-state index is 6.04. The zero-order valence-electron chi connectivity index (χ0n) is 13.7. The first-order valence-electron chi connectivity index (χ1n) is 8.00. The van der Waals surface area contributed by atoms with Crippen LogP contribution in [0.2, 0.25) is 0 Å². The predicted octanol–water partition coefficient (Wildman–Crippen LogP) is 3.74. The first-order chi connectivity index (χ1) is 11.8. The van der Waals surface area contributed by atoms with Gasteiger partial charge in [0.15, 0.2) is 0 Å². The minimum atomic E-state index is 0.508. The summed E-state index contributed by atoms with van der Waals surface area (Å²) in [4.78, 5) is 0. The van der Waals surface area contributed by atoms with E-state index < -0.39 is 0 Å². The number of nitrogens with one attached hydrogen (secondary N) is 1. The number of nitrogens with two attached hydrogens (primary N) is 1. The lowest BCUT2D eigenvalue weighted by Crippen LogP contribution is -2.06. The van der Waals surface area contributed by atoms with Crippen LogP contribution in [0.15, 0.2) is 54.6 Å². The first kappa shape index (κ1) is 16.1. The van der Waals surface area contributed by atoms with E-state index in [9.17, 15) is 0 Å². The summed E-state index contributed by atoms with van der Waals surface area (Å²) in [6, 6.07) is 17.5. The highest BCUT2D eigenvalue weighted by molar-refractivity contribution is 5.77. The lowest BCUT2D eigenvalue weighted by Gasteiger charge is -2.09. The van der Waals surface area contributed by atoms with Crippen molar-refractivity contribution < 1.29 is 9.47 Å². The minimum Gasteiger partial charge on any atom is -0.490 e. The van der Waals surface area contributed by atoms with Gasteiger partial charge in [-0.3, -0.25) is 5.10 Å². The number of nitrogen functional groups attached to an aromatic ring is 1. The van der Waals surface area contributed by atoms with Gasteiger partial charge in [0.05, 0.1) is 18.0 Å². The molecule has 0 bridgehead atoms. The summed E-state index contributed by atoms with van der Waals surface area (Å²) in [5.41, 5.74) is 10.3. The van der Waals surface area contributed by atoms with E-state index in [0.717, 1.165) is 28.3 Å². The third-order valence-electron chi connectivity index (χ3n) is 3.68. The number of para-hydroxylation sites is 2. The summed E-state index contributed by atoms with van der Waals surface area (Å²) in [5.74, 6) is 0.788. The molecule has 0 amide bonds. The molecule has 0 aliphatic heterocycles. The number of H-pyrrole nitrogens is 1. The minimum absolute atomic E-state index is 0.508. The molecule has 0 atom stereocenters. The number of anilines is 1. The normalized spacial score (nSPS) is 10.7. The monoisotopic (exact) mass is 323 g/mol. The molecule has 3 N–H and O–H groups in total. The van der Waals surface area contributed by atoms with Crippen LogP contribution in [0.25, 0.3) is 22.5 Å². The van der Waals surface area contributed by atoms with Gasteiger partial charge in [0.1, 0.15) is 12.4 Å². The number of ether oxygens (including phenoxy) is 2. The Morgan fingerprint density at radius 1 is 1.00 bits per heavy atom. The standard InChI is InChI=1S/C19H21N3O2/c1-2-23-11-12-24-19-10-6-4-8-15(19)18-13-17(21-22-18)14-7-3-5-9-16(14)20/h3-10,13H,2,11-12,20H2,1H3,(H,21,22). The molecule has 5 nitrogen and oxygen atoms in total. The number of hydrogen-bond acceptors (Lipinski definition) is 4. The summed E-state index contributed by atoms with van der Waals surface area (Å²) in [7, 11) is 0. The third-order valence-corrected chi connectivity index (χ3v) is 3.68. The quantitative estimate of drug-likeness (QED) is 0.513. The molecule has 124 valence electrons. The number of nitrogens with zero attached hydrogens (tertiary/aromatic N) is 1. The Hall–Kier alpha value is -2.79. The Morgan fingerprint density at radius 3 is 2.54 bits per heavy atom. The Balaban J connectivity index is 1.84. The van der Waals surface area contributed by atoms with Crippen LogP contribution in [-0.2, 0) is 4.74 Å². The second-order valence-electron chi connectivity index (χ2n) is 5.30. The Labute approximate surface area is 141 Å². The van der Waals surface area contributed by atoms with Gasteiger partial charge in [-0.1, -0.05) is 30.3 Å². The molecular weight excluding hydrogens is 302 g/mol. The van der Waals surface area contributed by atoms with Crippen LogP contribution in [-0.4, -0.2) is 30.0 Å². The second kappa shape index (κ2) is 7.66. The maximum Gasteiger partial charge on any atom is 0.128 e. The van der Waals surface area contributed by atoms with E-state index in [0.29, 0.717) is 25.5 Å². The summed E-state index contributed by atoms with van der Waals surface area (Å²) >= 11 is 0. The van der Waals surface area contributed by atoms with E-state index in [2.05, 4.69) is 10.2 Å². The molecule has 0 aliphatic carbocycles. The van der Waals surface area contributed by atoms with Crippen LogP contribution in [0, 0.1) is 0 Å².